The Hall–Kier alpha value is -0.810. The second-order valence-corrected chi connectivity index (χ2v) is 4.30. The maximum Gasteiger partial charge on any atom is 0.137 e. The van der Waals surface area contributed by atoms with Crippen LogP contribution in [0.5, 0.6) is 5.75 Å². The van der Waals surface area contributed by atoms with Crippen LogP contribution in [0.15, 0.2) is 18.2 Å². The first-order chi connectivity index (χ1) is 8.10. The van der Waals surface area contributed by atoms with Crippen LogP contribution in [-0.2, 0) is 0 Å². The highest BCUT2D eigenvalue weighted by Gasteiger charge is 2.17. The third-order valence-electron chi connectivity index (χ3n) is 2.65. The average Bonchev–Trinajstić information content (AvgIpc) is 2.34. The first-order valence-corrected chi connectivity index (χ1v) is 5.89. The molecule has 1 aromatic rings. The minimum atomic E-state index is -0.716. The number of benzene rings is 1. The van der Waals surface area contributed by atoms with Crippen molar-refractivity contribution in [2.45, 2.75) is 18.6 Å². The summed E-state index contributed by atoms with van der Waals surface area (Å²) in [5.74, 6) is 0.589. The van der Waals surface area contributed by atoms with E-state index in [2.05, 4.69) is 5.32 Å². The fourth-order valence-corrected chi connectivity index (χ4v) is 1.85. The number of methoxy groups -OCH3 is 1. The number of nitrogens with two attached hydrogens (primary N) is 1. The van der Waals surface area contributed by atoms with E-state index in [0.29, 0.717) is 22.8 Å². The van der Waals surface area contributed by atoms with Crippen LogP contribution in [-0.4, -0.2) is 31.9 Å². The molecule has 0 amide bonds. The van der Waals surface area contributed by atoms with Gasteiger partial charge in [0.25, 0.3) is 0 Å². The predicted octanol–water partition coefficient (Wildman–Crippen LogP) is 1.32. The summed E-state index contributed by atoms with van der Waals surface area (Å²) < 4.78 is 5.05. The summed E-state index contributed by atoms with van der Waals surface area (Å²) in [7, 11) is 3.40. The maximum absolute atomic E-state index is 10.1. The molecular formula is C12H19ClN2O2. The van der Waals surface area contributed by atoms with E-state index in [4.69, 9.17) is 22.1 Å². The molecular weight excluding hydrogens is 240 g/mol. The molecule has 0 fully saturated rings. The number of ether oxygens (including phenoxy) is 1. The number of aliphatic hydroxyl groups is 1. The van der Waals surface area contributed by atoms with Crippen molar-refractivity contribution in [1.82, 2.24) is 5.32 Å². The van der Waals surface area contributed by atoms with Crippen LogP contribution in [0.4, 0.5) is 0 Å². The van der Waals surface area contributed by atoms with Gasteiger partial charge in [-0.1, -0.05) is 17.7 Å². The quantitative estimate of drug-likeness (QED) is 0.720. The smallest absolute Gasteiger partial charge is 0.137 e. The Bertz CT molecular complexity index is 360. The van der Waals surface area contributed by atoms with E-state index in [1.807, 2.05) is 7.05 Å². The van der Waals surface area contributed by atoms with Gasteiger partial charge in [-0.3, -0.25) is 0 Å². The van der Waals surface area contributed by atoms with Gasteiger partial charge in [0.2, 0.25) is 0 Å². The standard InChI is InChI=1S/C12H19ClN2O2/c1-15-6-5-10(14)12(16)8-3-4-11(17-2)9(13)7-8/h3-4,7,10,12,15-16H,5-6,14H2,1-2H3. The van der Waals surface area contributed by atoms with Gasteiger partial charge in [-0.25, -0.2) is 0 Å². The number of aliphatic hydroxyl groups excluding tert-OH is 1. The van der Waals surface area contributed by atoms with Crippen molar-refractivity contribution in [1.29, 1.82) is 0 Å². The molecule has 96 valence electrons. The topological polar surface area (TPSA) is 67.5 Å². The summed E-state index contributed by atoms with van der Waals surface area (Å²) in [4.78, 5) is 0. The third kappa shape index (κ3) is 3.85. The van der Waals surface area contributed by atoms with Crippen LogP contribution in [0, 0.1) is 0 Å². The summed E-state index contributed by atoms with van der Waals surface area (Å²) in [6.45, 7) is 0.766. The molecule has 2 unspecified atom stereocenters. The fraction of sp³-hybridized carbons (Fsp3) is 0.500. The summed E-state index contributed by atoms with van der Waals surface area (Å²) in [5.41, 5.74) is 6.60. The van der Waals surface area contributed by atoms with Gasteiger partial charge in [-0.05, 0) is 37.7 Å². The molecule has 0 aliphatic heterocycles. The van der Waals surface area contributed by atoms with Gasteiger partial charge in [0.05, 0.1) is 18.2 Å². The van der Waals surface area contributed by atoms with Crippen molar-refractivity contribution in [2.24, 2.45) is 5.73 Å². The zero-order valence-corrected chi connectivity index (χ0v) is 10.9. The van der Waals surface area contributed by atoms with Crippen molar-refractivity contribution in [3.8, 4) is 5.75 Å². The molecule has 5 heteroatoms. The van der Waals surface area contributed by atoms with Crippen LogP contribution in [0.25, 0.3) is 0 Å². The number of rotatable bonds is 6. The molecule has 0 saturated heterocycles. The number of nitrogens with one attached hydrogen (secondary N) is 1. The summed E-state index contributed by atoms with van der Waals surface area (Å²) >= 11 is 5.99. The van der Waals surface area contributed by atoms with Gasteiger partial charge in [-0.15, -0.1) is 0 Å². The molecule has 0 aromatic heterocycles. The van der Waals surface area contributed by atoms with Crippen molar-refractivity contribution < 1.29 is 9.84 Å². The molecule has 0 radical (unpaired) electrons. The highest BCUT2D eigenvalue weighted by Crippen LogP contribution is 2.28. The van der Waals surface area contributed by atoms with E-state index < -0.39 is 6.10 Å². The lowest BCUT2D eigenvalue weighted by atomic mass is 10.0. The van der Waals surface area contributed by atoms with Crippen LogP contribution in [0.1, 0.15) is 18.1 Å². The minimum absolute atomic E-state index is 0.313. The highest BCUT2D eigenvalue weighted by atomic mass is 35.5. The maximum atomic E-state index is 10.1. The Morgan fingerprint density at radius 2 is 2.24 bits per heavy atom. The Labute approximate surface area is 107 Å². The molecule has 0 bridgehead atoms. The first kappa shape index (κ1) is 14.3. The molecule has 17 heavy (non-hydrogen) atoms. The Morgan fingerprint density at radius 1 is 1.53 bits per heavy atom. The number of hydrogen-bond donors (Lipinski definition) is 3. The Balaban J connectivity index is 2.74. The fourth-order valence-electron chi connectivity index (χ4n) is 1.58. The van der Waals surface area contributed by atoms with E-state index in [0.717, 1.165) is 6.54 Å². The second-order valence-electron chi connectivity index (χ2n) is 3.89. The molecule has 2 atom stereocenters. The van der Waals surface area contributed by atoms with E-state index in [1.165, 1.54) is 0 Å². The van der Waals surface area contributed by atoms with Crippen molar-refractivity contribution in [2.75, 3.05) is 20.7 Å². The van der Waals surface area contributed by atoms with Crippen molar-refractivity contribution in [3.05, 3.63) is 28.8 Å². The minimum Gasteiger partial charge on any atom is -0.495 e. The van der Waals surface area contributed by atoms with Crippen LogP contribution >= 0.6 is 11.6 Å². The zero-order chi connectivity index (χ0) is 12.8. The number of hydrogen-bond acceptors (Lipinski definition) is 4. The lowest BCUT2D eigenvalue weighted by Gasteiger charge is -2.19. The van der Waals surface area contributed by atoms with Gasteiger partial charge < -0.3 is 20.9 Å². The molecule has 1 rings (SSSR count). The summed E-state index contributed by atoms with van der Waals surface area (Å²) in [6, 6.07) is 4.87. The average molecular weight is 259 g/mol. The van der Waals surface area contributed by atoms with Gasteiger partial charge in [-0.2, -0.15) is 0 Å². The normalized spacial score (nSPS) is 14.4. The summed E-state index contributed by atoms with van der Waals surface area (Å²) in [5, 5.41) is 13.5. The van der Waals surface area contributed by atoms with Gasteiger partial charge >= 0.3 is 0 Å². The van der Waals surface area contributed by atoms with Crippen molar-refractivity contribution in [3.63, 3.8) is 0 Å². The summed E-state index contributed by atoms with van der Waals surface area (Å²) in [6.07, 6.45) is -0.0202. The number of halogens is 1. The first-order valence-electron chi connectivity index (χ1n) is 5.51. The SMILES string of the molecule is CNCCC(N)C(O)c1ccc(OC)c(Cl)c1. The molecule has 4 nitrogen and oxygen atoms in total. The lowest BCUT2D eigenvalue weighted by Crippen LogP contribution is -2.31. The molecule has 1 aromatic carbocycles. The molecule has 0 saturated carbocycles. The molecule has 0 aliphatic rings. The molecule has 4 N–H and O–H groups in total. The predicted molar refractivity (Wildman–Crippen MR) is 69.5 cm³/mol. The van der Waals surface area contributed by atoms with Crippen LogP contribution in [0.3, 0.4) is 0 Å². The zero-order valence-electron chi connectivity index (χ0n) is 10.1. The van der Waals surface area contributed by atoms with E-state index >= 15 is 0 Å². The Morgan fingerprint density at radius 3 is 2.76 bits per heavy atom. The van der Waals surface area contributed by atoms with Crippen molar-refractivity contribution >= 4 is 11.6 Å². The van der Waals surface area contributed by atoms with Gasteiger partial charge in [0, 0.05) is 6.04 Å². The molecule has 0 spiro atoms. The van der Waals surface area contributed by atoms with Gasteiger partial charge in [0.15, 0.2) is 0 Å². The van der Waals surface area contributed by atoms with Crippen LogP contribution < -0.4 is 15.8 Å². The lowest BCUT2D eigenvalue weighted by molar-refractivity contribution is 0.142. The van der Waals surface area contributed by atoms with E-state index in [9.17, 15) is 5.11 Å². The Kier molecular flexibility index (Phi) is 5.71. The van der Waals surface area contributed by atoms with E-state index in [1.54, 1.807) is 25.3 Å². The van der Waals surface area contributed by atoms with Crippen LogP contribution in [0.2, 0.25) is 5.02 Å². The monoisotopic (exact) mass is 258 g/mol. The molecule has 0 aliphatic carbocycles. The third-order valence-corrected chi connectivity index (χ3v) is 2.95. The highest BCUT2D eigenvalue weighted by molar-refractivity contribution is 6.32. The van der Waals surface area contributed by atoms with Gasteiger partial charge in [0.1, 0.15) is 5.75 Å². The van der Waals surface area contributed by atoms with E-state index in [-0.39, 0.29) is 6.04 Å². The second kappa shape index (κ2) is 6.81. The largest absolute Gasteiger partial charge is 0.495 e. The molecule has 0 heterocycles.